The first-order valence-corrected chi connectivity index (χ1v) is 4.96. The summed E-state index contributed by atoms with van der Waals surface area (Å²) >= 11 is 1.83. The van der Waals surface area contributed by atoms with Crippen LogP contribution in [0.3, 0.4) is 0 Å². The molecule has 1 fully saturated rings. The van der Waals surface area contributed by atoms with Crippen LogP contribution in [0, 0.1) is 5.92 Å². The molecule has 10 heavy (non-hydrogen) atoms. The van der Waals surface area contributed by atoms with Gasteiger partial charge in [-0.2, -0.15) is 11.8 Å². The van der Waals surface area contributed by atoms with Crippen LogP contribution in [0.25, 0.3) is 0 Å². The van der Waals surface area contributed by atoms with Crippen LogP contribution in [0.15, 0.2) is 0 Å². The van der Waals surface area contributed by atoms with E-state index in [0.717, 1.165) is 13.1 Å². The second-order valence-corrected chi connectivity index (χ2v) is 4.05. The van der Waals surface area contributed by atoms with Gasteiger partial charge in [0.15, 0.2) is 0 Å². The highest BCUT2D eigenvalue weighted by Crippen LogP contribution is 2.22. The van der Waals surface area contributed by atoms with Gasteiger partial charge in [0.25, 0.3) is 0 Å². The molecule has 60 valence electrons. The predicted octanol–water partition coefficient (Wildman–Crippen LogP) is 0.318. The number of rotatable bonds is 2. The Balaban J connectivity index is 2.38. The van der Waals surface area contributed by atoms with Gasteiger partial charge in [0.05, 0.1) is 6.10 Å². The first kappa shape index (κ1) is 8.37. The van der Waals surface area contributed by atoms with Crippen molar-refractivity contribution in [3.8, 4) is 0 Å². The van der Waals surface area contributed by atoms with E-state index in [9.17, 15) is 5.11 Å². The molecule has 0 aromatic carbocycles. The van der Waals surface area contributed by atoms with Crippen LogP contribution in [0.5, 0.6) is 0 Å². The molecule has 0 aromatic heterocycles. The lowest BCUT2D eigenvalue weighted by Gasteiger charge is -2.18. The Labute approximate surface area is 66.4 Å². The van der Waals surface area contributed by atoms with E-state index in [2.05, 4.69) is 18.5 Å². The summed E-state index contributed by atoms with van der Waals surface area (Å²) in [5, 5.41) is 13.2. The SMILES string of the molecule is CSC(C)C1CNCC1O. The van der Waals surface area contributed by atoms with Gasteiger partial charge in [-0.3, -0.25) is 0 Å². The topological polar surface area (TPSA) is 32.3 Å². The van der Waals surface area contributed by atoms with Gasteiger partial charge in [-0.1, -0.05) is 6.92 Å². The van der Waals surface area contributed by atoms with Gasteiger partial charge in [-0.05, 0) is 6.26 Å². The Hall–Kier alpha value is 0.270. The molecule has 1 heterocycles. The van der Waals surface area contributed by atoms with E-state index in [1.165, 1.54) is 0 Å². The number of nitrogens with one attached hydrogen (secondary N) is 1. The van der Waals surface area contributed by atoms with Gasteiger partial charge in [-0.25, -0.2) is 0 Å². The summed E-state index contributed by atoms with van der Waals surface area (Å²) in [7, 11) is 0. The maximum atomic E-state index is 9.41. The van der Waals surface area contributed by atoms with Gasteiger partial charge < -0.3 is 10.4 Å². The Bertz CT molecular complexity index is 110. The molecule has 0 bridgehead atoms. The summed E-state index contributed by atoms with van der Waals surface area (Å²) in [6.07, 6.45) is 1.97. The van der Waals surface area contributed by atoms with Gasteiger partial charge in [0, 0.05) is 24.3 Å². The molecule has 0 saturated carbocycles. The second kappa shape index (κ2) is 3.60. The van der Waals surface area contributed by atoms with Crippen molar-refractivity contribution >= 4 is 11.8 Å². The first-order chi connectivity index (χ1) is 4.75. The molecule has 0 amide bonds. The smallest absolute Gasteiger partial charge is 0.0715 e. The Morgan fingerprint density at radius 3 is 2.70 bits per heavy atom. The molecule has 0 aromatic rings. The van der Waals surface area contributed by atoms with Crippen molar-refractivity contribution in [3.63, 3.8) is 0 Å². The average molecular weight is 161 g/mol. The number of aliphatic hydroxyl groups excluding tert-OH is 1. The van der Waals surface area contributed by atoms with Crippen LogP contribution in [-0.2, 0) is 0 Å². The van der Waals surface area contributed by atoms with E-state index in [0.29, 0.717) is 11.2 Å². The largest absolute Gasteiger partial charge is 0.391 e. The molecule has 2 nitrogen and oxygen atoms in total. The van der Waals surface area contributed by atoms with Crippen molar-refractivity contribution < 1.29 is 5.11 Å². The average Bonchev–Trinajstić information content (AvgIpc) is 2.34. The molecule has 1 aliphatic heterocycles. The van der Waals surface area contributed by atoms with E-state index in [-0.39, 0.29) is 6.10 Å². The fourth-order valence-electron chi connectivity index (χ4n) is 1.34. The Morgan fingerprint density at radius 1 is 1.60 bits per heavy atom. The molecule has 3 heteroatoms. The van der Waals surface area contributed by atoms with Crippen molar-refractivity contribution in [2.45, 2.75) is 18.3 Å². The maximum absolute atomic E-state index is 9.41. The molecule has 1 rings (SSSR count). The maximum Gasteiger partial charge on any atom is 0.0715 e. The van der Waals surface area contributed by atoms with Crippen molar-refractivity contribution in [2.24, 2.45) is 5.92 Å². The molecule has 3 atom stereocenters. The Kier molecular flexibility index (Phi) is 3.01. The minimum absolute atomic E-state index is 0.123. The predicted molar refractivity (Wildman–Crippen MR) is 45.3 cm³/mol. The molecule has 2 N–H and O–H groups in total. The zero-order chi connectivity index (χ0) is 7.56. The molecule has 0 spiro atoms. The quantitative estimate of drug-likeness (QED) is 0.611. The van der Waals surface area contributed by atoms with Crippen molar-refractivity contribution in [1.82, 2.24) is 5.32 Å². The molecule has 1 saturated heterocycles. The van der Waals surface area contributed by atoms with E-state index in [4.69, 9.17) is 0 Å². The molecular weight excluding hydrogens is 146 g/mol. The van der Waals surface area contributed by atoms with Crippen molar-refractivity contribution in [3.05, 3.63) is 0 Å². The fourth-order valence-corrected chi connectivity index (χ4v) is 1.97. The van der Waals surface area contributed by atoms with Gasteiger partial charge in [-0.15, -0.1) is 0 Å². The van der Waals surface area contributed by atoms with Crippen molar-refractivity contribution in [1.29, 1.82) is 0 Å². The van der Waals surface area contributed by atoms with Crippen LogP contribution in [-0.4, -0.2) is 35.8 Å². The summed E-state index contributed by atoms with van der Waals surface area (Å²) < 4.78 is 0. The number of thioether (sulfide) groups is 1. The van der Waals surface area contributed by atoms with Gasteiger partial charge >= 0.3 is 0 Å². The van der Waals surface area contributed by atoms with Crippen LogP contribution < -0.4 is 5.32 Å². The zero-order valence-corrected chi connectivity index (χ0v) is 7.32. The van der Waals surface area contributed by atoms with Crippen molar-refractivity contribution in [2.75, 3.05) is 19.3 Å². The number of hydrogen-bond acceptors (Lipinski definition) is 3. The van der Waals surface area contributed by atoms with Crippen LogP contribution in [0.1, 0.15) is 6.92 Å². The van der Waals surface area contributed by atoms with Crippen LogP contribution in [0.4, 0.5) is 0 Å². The molecule has 3 unspecified atom stereocenters. The minimum atomic E-state index is -0.123. The van der Waals surface area contributed by atoms with E-state index < -0.39 is 0 Å². The highest BCUT2D eigenvalue weighted by atomic mass is 32.2. The molecule has 0 radical (unpaired) electrons. The second-order valence-electron chi connectivity index (χ2n) is 2.83. The fraction of sp³-hybridized carbons (Fsp3) is 1.00. The molecule has 0 aliphatic carbocycles. The number of hydrogen-bond donors (Lipinski definition) is 2. The highest BCUT2D eigenvalue weighted by Gasteiger charge is 2.28. The number of aliphatic hydroxyl groups is 1. The van der Waals surface area contributed by atoms with E-state index in [1.807, 2.05) is 11.8 Å². The summed E-state index contributed by atoms with van der Waals surface area (Å²) in [5.74, 6) is 0.454. The van der Waals surface area contributed by atoms with Gasteiger partial charge in [0.1, 0.15) is 0 Å². The lowest BCUT2D eigenvalue weighted by atomic mass is 10.0. The normalized spacial score (nSPS) is 36.3. The first-order valence-electron chi connectivity index (χ1n) is 3.67. The zero-order valence-electron chi connectivity index (χ0n) is 6.50. The summed E-state index contributed by atoms with van der Waals surface area (Å²) in [4.78, 5) is 0. The van der Waals surface area contributed by atoms with E-state index in [1.54, 1.807) is 0 Å². The van der Waals surface area contributed by atoms with E-state index >= 15 is 0 Å². The lowest BCUT2D eigenvalue weighted by molar-refractivity contribution is 0.148. The molecule has 1 aliphatic rings. The third-order valence-corrected chi connectivity index (χ3v) is 3.30. The van der Waals surface area contributed by atoms with Crippen LogP contribution in [0.2, 0.25) is 0 Å². The highest BCUT2D eigenvalue weighted by molar-refractivity contribution is 7.99. The van der Waals surface area contributed by atoms with Gasteiger partial charge in [0.2, 0.25) is 0 Å². The third-order valence-electron chi connectivity index (χ3n) is 2.20. The standard InChI is InChI=1S/C7H15NOS/c1-5(10-2)6-3-8-4-7(6)9/h5-9H,3-4H2,1-2H3. The Morgan fingerprint density at radius 2 is 2.30 bits per heavy atom. The monoisotopic (exact) mass is 161 g/mol. The summed E-state index contributed by atoms with van der Waals surface area (Å²) in [5.41, 5.74) is 0. The number of β-amino-alcohol motifs (C(OH)–C–C–N with tert-alkyl or cyclic N) is 1. The lowest BCUT2D eigenvalue weighted by Crippen LogP contribution is -2.25. The molecular formula is C7H15NOS. The third kappa shape index (κ3) is 1.65. The van der Waals surface area contributed by atoms with Crippen LogP contribution >= 0.6 is 11.8 Å². The summed E-state index contributed by atoms with van der Waals surface area (Å²) in [6.45, 7) is 3.92. The summed E-state index contributed by atoms with van der Waals surface area (Å²) in [6, 6.07) is 0. The minimum Gasteiger partial charge on any atom is -0.391 e.